The van der Waals surface area contributed by atoms with Gasteiger partial charge in [0.25, 0.3) is 0 Å². The Morgan fingerprint density at radius 3 is 2.31 bits per heavy atom. The van der Waals surface area contributed by atoms with Crippen LogP contribution in [0.3, 0.4) is 0 Å². The Morgan fingerprint density at radius 2 is 1.69 bits per heavy atom. The van der Waals surface area contributed by atoms with Crippen molar-refractivity contribution >= 4 is 0 Å². The van der Waals surface area contributed by atoms with Gasteiger partial charge in [-0.15, -0.1) is 0 Å². The minimum Gasteiger partial charge on any atom is -0.490 e. The summed E-state index contributed by atoms with van der Waals surface area (Å²) >= 11 is 0. The van der Waals surface area contributed by atoms with Crippen LogP contribution in [0.2, 0.25) is 0 Å². The standard InChI is InChI=1S/C9H9F3O/c1-2-3-13-9-5-7(11)6(10)4-8(9)12/h4-5H,2-3H2,1H3. The maximum atomic E-state index is 12.8. The van der Waals surface area contributed by atoms with Crippen molar-refractivity contribution in [3.05, 3.63) is 29.6 Å². The second kappa shape index (κ2) is 4.16. The normalized spacial score (nSPS) is 10.2. The first-order valence-corrected chi connectivity index (χ1v) is 3.92. The van der Waals surface area contributed by atoms with Gasteiger partial charge >= 0.3 is 0 Å². The van der Waals surface area contributed by atoms with Crippen LogP contribution >= 0.6 is 0 Å². The van der Waals surface area contributed by atoms with Gasteiger partial charge in [0.15, 0.2) is 23.2 Å². The number of rotatable bonds is 3. The van der Waals surface area contributed by atoms with E-state index < -0.39 is 17.5 Å². The predicted molar refractivity (Wildman–Crippen MR) is 42.1 cm³/mol. The van der Waals surface area contributed by atoms with E-state index in [2.05, 4.69) is 0 Å². The van der Waals surface area contributed by atoms with E-state index in [-0.39, 0.29) is 12.4 Å². The highest BCUT2D eigenvalue weighted by Crippen LogP contribution is 2.20. The van der Waals surface area contributed by atoms with E-state index in [9.17, 15) is 13.2 Å². The zero-order chi connectivity index (χ0) is 9.84. The van der Waals surface area contributed by atoms with E-state index in [1.54, 1.807) is 0 Å². The summed E-state index contributed by atoms with van der Waals surface area (Å²) in [6.45, 7) is 2.11. The van der Waals surface area contributed by atoms with E-state index in [4.69, 9.17) is 4.74 Å². The summed E-state index contributed by atoms with van der Waals surface area (Å²) in [4.78, 5) is 0. The van der Waals surface area contributed by atoms with Crippen molar-refractivity contribution in [2.24, 2.45) is 0 Å². The molecule has 1 aromatic carbocycles. The molecule has 0 saturated heterocycles. The molecular weight excluding hydrogens is 181 g/mol. The minimum absolute atomic E-state index is 0.249. The molecule has 72 valence electrons. The lowest BCUT2D eigenvalue weighted by atomic mass is 10.3. The molecule has 1 nitrogen and oxygen atoms in total. The fourth-order valence-corrected chi connectivity index (χ4v) is 0.827. The van der Waals surface area contributed by atoms with Crippen LogP contribution in [0, 0.1) is 17.5 Å². The highest BCUT2D eigenvalue weighted by atomic mass is 19.2. The summed E-state index contributed by atoms with van der Waals surface area (Å²) in [7, 11) is 0. The SMILES string of the molecule is CCCOc1cc(F)c(F)cc1F. The summed E-state index contributed by atoms with van der Waals surface area (Å²) in [5.41, 5.74) is 0. The molecule has 0 spiro atoms. The van der Waals surface area contributed by atoms with Crippen molar-refractivity contribution in [3.8, 4) is 5.75 Å². The van der Waals surface area contributed by atoms with Gasteiger partial charge in [0.2, 0.25) is 0 Å². The first-order chi connectivity index (χ1) is 6.15. The smallest absolute Gasteiger partial charge is 0.168 e. The summed E-state index contributed by atoms with van der Waals surface area (Å²) in [6.07, 6.45) is 0.679. The number of hydrogen-bond acceptors (Lipinski definition) is 1. The fraction of sp³-hybridized carbons (Fsp3) is 0.333. The molecule has 0 aromatic heterocycles. The number of benzene rings is 1. The molecule has 4 heteroatoms. The molecule has 0 fully saturated rings. The highest BCUT2D eigenvalue weighted by Gasteiger charge is 2.09. The zero-order valence-electron chi connectivity index (χ0n) is 7.11. The molecule has 13 heavy (non-hydrogen) atoms. The largest absolute Gasteiger partial charge is 0.490 e. The maximum absolute atomic E-state index is 12.8. The monoisotopic (exact) mass is 190 g/mol. The van der Waals surface area contributed by atoms with Crippen LogP contribution in [0.15, 0.2) is 12.1 Å². The Hall–Kier alpha value is -1.19. The molecule has 0 saturated carbocycles. The number of hydrogen-bond donors (Lipinski definition) is 0. The maximum Gasteiger partial charge on any atom is 0.168 e. The van der Waals surface area contributed by atoms with Gasteiger partial charge in [0.05, 0.1) is 6.61 Å². The van der Waals surface area contributed by atoms with Gasteiger partial charge < -0.3 is 4.74 Å². The lowest BCUT2D eigenvalue weighted by Gasteiger charge is -2.05. The Kier molecular flexibility index (Phi) is 3.17. The van der Waals surface area contributed by atoms with Crippen molar-refractivity contribution in [1.82, 2.24) is 0 Å². The second-order valence-electron chi connectivity index (χ2n) is 2.55. The first kappa shape index (κ1) is 9.89. The molecule has 0 bridgehead atoms. The molecule has 0 atom stereocenters. The average molecular weight is 190 g/mol. The van der Waals surface area contributed by atoms with Crippen LogP contribution < -0.4 is 4.74 Å². The molecule has 0 N–H and O–H groups in total. The first-order valence-electron chi connectivity index (χ1n) is 3.92. The topological polar surface area (TPSA) is 9.23 Å². The minimum atomic E-state index is -1.21. The molecular formula is C9H9F3O. The van der Waals surface area contributed by atoms with E-state index in [0.717, 1.165) is 0 Å². The molecule has 0 aliphatic heterocycles. The molecule has 1 rings (SSSR count). The lowest BCUT2D eigenvalue weighted by Crippen LogP contribution is -1.99. The molecule has 0 radical (unpaired) electrons. The summed E-state index contributed by atoms with van der Waals surface area (Å²) < 4.78 is 42.6. The van der Waals surface area contributed by atoms with Crippen LogP contribution in [-0.4, -0.2) is 6.61 Å². The fourth-order valence-electron chi connectivity index (χ4n) is 0.827. The van der Waals surface area contributed by atoms with Crippen LogP contribution in [0.5, 0.6) is 5.75 Å². The predicted octanol–water partition coefficient (Wildman–Crippen LogP) is 2.89. The van der Waals surface area contributed by atoms with Gasteiger partial charge in [-0.25, -0.2) is 13.2 Å². The number of halogens is 3. The Labute approximate surface area is 74.1 Å². The van der Waals surface area contributed by atoms with E-state index in [1.807, 2.05) is 6.92 Å². The van der Waals surface area contributed by atoms with Crippen molar-refractivity contribution < 1.29 is 17.9 Å². The summed E-state index contributed by atoms with van der Waals surface area (Å²) in [5, 5.41) is 0. The summed E-state index contributed by atoms with van der Waals surface area (Å²) in [6, 6.07) is 1.18. The van der Waals surface area contributed by atoms with Crippen molar-refractivity contribution in [2.75, 3.05) is 6.61 Å². The van der Waals surface area contributed by atoms with Gasteiger partial charge in [0.1, 0.15) is 0 Å². The lowest BCUT2D eigenvalue weighted by molar-refractivity contribution is 0.297. The quantitative estimate of drug-likeness (QED) is 0.666. The number of ether oxygens (including phenoxy) is 1. The average Bonchev–Trinajstić information content (AvgIpc) is 2.09. The molecule has 0 amide bonds. The molecule has 0 aliphatic carbocycles. The van der Waals surface area contributed by atoms with Gasteiger partial charge in [-0.1, -0.05) is 6.92 Å². The van der Waals surface area contributed by atoms with E-state index in [0.29, 0.717) is 18.6 Å². The molecule has 0 aliphatic rings. The molecule has 0 heterocycles. The van der Waals surface area contributed by atoms with Crippen molar-refractivity contribution in [1.29, 1.82) is 0 Å². The van der Waals surface area contributed by atoms with E-state index >= 15 is 0 Å². The van der Waals surface area contributed by atoms with Crippen LogP contribution in [0.4, 0.5) is 13.2 Å². The molecule has 0 unspecified atom stereocenters. The Morgan fingerprint density at radius 1 is 1.08 bits per heavy atom. The zero-order valence-corrected chi connectivity index (χ0v) is 7.11. The highest BCUT2D eigenvalue weighted by molar-refractivity contribution is 5.25. The van der Waals surface area contributed by atoms with Crippen LogP contribution in [0.25, 0.3) is 0 Å². The third-order valence-electron chi connectivity index (χ3n) is 1.44. The molecule has 1 aromatic rings. The third kappa shape index (κ3) is 2.37. The van der Waals surface area contributed by atoms with Gasteiger partial charge in [-0.05, 0) is 6.42 Å². The van der Waals surface area contributed by atoms with Crippen molar-refractivity contribution in [2.45, 2.75) is 13.3 Å². The Bertz CT molecular complexity index is 299. The van der Waals surface area contributed by atoms with Crippen LogP contribution in [-0.2, 0) is 0 Å². The summed E-state index contributed by atoms with van der Waals surface area (Å²) in [5.74, 6) is -3.44. The van der Waals surface area contributed by atoms with Gasteiger partial charge in [-0.3, -0.25) is 0 Å². The second-order valence-corrected chi connectivity index (χ2v) is 2.55. The van der Waals surface area contributed by atoms with Gasteiger partial charge in [0, 0.05) is 12.1 Å². The van der Waals surface area contributed by atoms with Crippen molar-refractivity contribution in [3.63, 3.8) is 0 Å². The van der Waals surface area contributed by atoms with E-state index in [1.165, 1.54) is 0 Å². The van der Waals surface area contributed by atoms with Gasteiger partial charge in [-0.2, -0.15) is 0 Å². The third-order valence-corrected chi connectivity index (χ3v) is 1.44. The Balaban J connectivity index is 2.88. The van der Waals surface area contributed by atoms with Crippen LogP contribution in [0.1, 0.15) is 13.3 Å².